The lowest BCUT2D eigenvalue weighted by molar-refractivity contribution is -0.142. The molecule has 36 nitrogen and oxygen atoms in total. The minimum absolute atomic E-state index is 0.00147. The molecule has 0 aliphatic rings. The molecule has 4 rings (SSSR count). The van der Waals surface area contributed by atoms with Crippen molar-refractivity contribution in [3.05, 3.63) is 144 Å². The van der Waals surface area contributed by atoms with Crippen molar-refractivity contribution in [3.63, 3.8) is 0 Å². The van der Waals surface area contributed by atoms with Gasteiger partial charge in [0.15, 0.2) is 5.96 Å². The van der Waals surface area contributed by atoms with Crippen LogP contribution in [0.3, 0.4) is 0 Å². The van der Waals surface area contributed by atoms with E-state index in [4.69, 9.17) is 34.1 Å². The monoisotopic (exact) mass is 1610 g/mol. The lowest BCUT2D eigenvalue weighted by atomic mass is 9.99. The Morgan fingerprint density at radius 2 is 0.664 bits per heavy atom. The van der Waals surface area contributed by atoms with Gasteiger partial charge in [-0.15, -0.1) is 0 Å². The highest BCUT2D eigenvalue weighted by molar-refractivity contribution is 6.01. The van der Waals surface area contributed by atoms with Crippen LogP contribution in [0.25, 0.3) is 0 Å². The summed E-state index contributed by atoms with van der Waals surface area (Å²) in [4.78, 5) is 220. The number of nitrogens with one attached hydrogen (secondary N) is 14. The molecule has 0 heterocycles. The predicted octanol–water partition coefficient (Wildman–Crippen LogP) is -2.11. The Hall–Kier alpha value is -12.4. The number of guanidine groups is 1. The number of nitrogens with two attached hydrogens (primary N) is 5. The molecule has 632 valence electrons. The van der Waals surface area contributed by atoms with Gasteiger partial charge in [0.25, 0.3) is 0 Å². The van der Waals surface area contributed by atoms with Gasteiger partial charge in [-0.3, -0.25) is 77.3 Å². The topological polar surface area (TPSA) is 604 Å². The molecule has 36 heteroatoms. The van der Waals surface area contributed by atoms with Crippen molar-refractivity contribution in [3.8, 4) is 0 Å². The lowest BCUT2D eigenvalue weighted by Crippen LogP contribution is -2.61. The summed E-state index contributed by atoms with van der Waals surface area (Å²) in [6.45, 7) is 12.5. The molecule has 0 aromatic heterocycles. The van der Waals surface area contributed by atoms with Gasteiger partial charge in [-0.1, -0.05) is 177 Å². The van der Waals surface area contributed by atoms with Crippen LogP contribution in [0.4, 0.5) is 0 Å². The minimum Gasteiger partial charge on any atom is -0.480 e. The van der Waals surface area contributed by atoms with E-state index < -0.39 is 217 Å². The number of benzene rings is 4. The van der Waals surface area contributed by atoms with Crippen LogP contribution in [0.5, 0.6) is 0 Å². The smallest absolute Gasteiger partial charge is 0.326 e. The van der Waals surface area contributed by atoms with Crippen LogP contribution in [0.2, 0.25) is 0 Å². The third-order valence-corrected chi connectivity index (χ3v) is 18.3. The van der Waals surface area contributed by atoms with Crippen LogP contribution in [-0.2, 0) is 102 Å². The molecule has 0 aliphatic carbocycles. The quantitative estimate of drug-likeness (QED) is 0.0128. The van der Waals surface area contributed by atoms with Crippen molar-refractivity contribution in [2.24, 2.45) is 52.3 Å². The average molecular weight is 1610 g/mol. The van der Waals surface area contributed by atoms with E-state index in [-0.39, 0.29) is 76.7 Å². The van der Waals surface area contributed by atoms with Gasteiger partial charge in [-0.2, -0.15) is 0 Å². The average Bonchev–Trinajstić information content (AvgIpc) is 0.845. The molecule has 0 saturated carbocycles. The largest absolute Gasteiger partial charge is 0.480 e. The summed E-state index contributed by atoms with van der Waals surface area (Å²) < 4.78 is 0. The third-order valence-electron chi connectivity index (χ3n) is 18.3. The Morgan fingerprint density at radius 1 is 0.345 bits per heavy atom. The van der Waals surface area contributed by atoms with Crippen LogP contribution >= 0.6 is 0 Å². The molecule has 0 spiro atoms. The van der Waals surface area contributed by atoms with Crippen molar-refractivity contribution < 1.29 is 81.8 Å². The zero-order chi connectivity index (χ0) is 86.3. The Bertz CT molecular complexity index is 3990. The summed E-state index contributed by atoms with van der Waals surface area (Å²) >= 11 is 0. The molecule has 0 bridgehead atoms. The van der Waals surface area contributed by atoms with Crippen LogP contribution in [0.1, 0.15) is 135 Å². The third kappa shape index (κ3) is 35.8. The van der Waals surface area contributed by atoms with E-state index in [0.29, 0.717) is 16.7 Å². The Labute approximate surface area is 674 Å². The number of carbonyl (C=O) groups is 16. The number of aliphatic carboxylic acids is 1. The van der Waals surface area contributed by atoms with E-state index in [1.54, 1.807) is 177 Å². The molecule has 0 fully saturated rings. The first-order valence-corrected chi connectivity index (χ1v) is 38.5. The van der Waals surface area contributed by atoms with E-state index in [1.807, 2.05) is 0 Å². The molecular weight excluding hydrogens is 1500 g/mol. The number of amides is 15. The first kappa shape index (κ1) is 96.0. The van der Waals surface area contributed by atoms with Crippen molar-refractivity contribution in [2.75, 3.05) is 13.1 Å². The summed E-state index contributed by atoms with van der Waals surface area (Å²) in [5.74, 6) is -17.9. The van der Waals surface area contributed by atoms with Gasteiger partial charge in [0.1, 0.15) is 66.5 Å². The first-order valence-electron chi connectivity index (χ1n) is 38.5. The number of carboxylic acids is 1. The molecule has 15 amide bonds. The van der Waals surface area contributed by atoms with Crippen molar-refractivity contribution >= 4 is 101 Å². The summed E-state index contributed by atoms with van der Waals surface area (Å²) in [6.07, 6.45) is -3.26. The molecule has 116 heavy (non-hydrogen) atoms. The fourth-order valence-electron chi connectivity index (χ4n) is 12.1. The van der Waals surface area contributed by atoms with E-state index in [0.717, 1.165) is 5.56 Å². The van der Waals surface area contributed by atoms with E-state index in [1.165, 1.54) is 0 Å². The molecule has 0 unspecified atom stereocenters. The Morgan fingerprint density at radius 3 is 1.06 bits per heavy atom. The highest BCUT2D eigenvalue weighted by Crippen LogP contribution is 2.16. The minimum atomic E-state index is -1.91. The number of carboxylic acid groups (broad SMARTS) is 1. The lowest BCUT2D eigenvalue weighted by Gasteiger charge is -2.29. The first-order chi connectivity index (χ1) is 54.8. The fourth-order valence-corrected chi connectivity index (χ4v) is 12.1. The molecular formula is C80H115N19O17. The maximum absolute atomic E-state index is 15.0. The summed E-state index contributed by atoms with van der Waals surface area (Å²) in [7, 11) is 0. The van der Waals surface area contributed by atoms with E-state index in [2.05, 4.69) is 69.1 Å². The molecule has 25 N–H and O–H groups in total. The van der Waals surface area contributed by atoms with Crippen LogP contribution in [-0.4, -0.2) is 191 Å². The van der Waals surface area contributed by atoms with Gasteiger partial charge in [0, 0.05) is 38.6 Å². The number of carbonyl (C=O) groups excluding carboxylic acids is 15. The molecule has 12 atom stereocenters. The van der Waals surface area contributed by atoms with Crippen LogP contribution < -0.4 is 97.8 Å². The molecule has 4 aromatic carbocycles. The SMILES string of the molecule is CC(C)C[C@H](NC(=O)[C@H](CC(N)=O)NC(=O)[C@H](CCC(N)=O)NC(=O)[C@H](CC(C)C)NC(=O)[C@@H](NC(=O)CNC(=O)[C@H](CCC(N)=O)NC(=O)[C@@H](N)Cc1ccccc1)C(C)C)C(=O)N[C@@H](CCCNC(=N)N)C(=O)N[C@@H](Cc1ccccc1)C(=O)N[C@@H](Cc1ccccc1)C(=O)N[C@H](C(=O)N[C@@H](Cc1ccccc1)C(=O)O)C(C)C. The number of hydrogen-bond acceptors (Lipinski definition) is 18. The highest BCUT2D eigenvalue weighted by Gasteiger charge is 2.39. The molecule has 0 aliphatic heterocycles. The number of hydrogen-bond donors (Lipinski definition) is 20. The highest BCUT2D eigenvalue weighted by atomic mass is 16.4. The van der Waals surface area contributed by atoms with Gasteiger partial charge < -0.3 is 103 Å². The van der Waals surface area contributed by atoms with Crippen molar-refractivity contribution in [1.82, 2.24) is 69.1 Å². The maximum atomic E-state index is 15.0. The summed E-state index contributed by atoms with van der Waals surface area (Å²) in [5.41, 5.74) is 30.7. The zero-order valence-corrected chi connectivity index (χ0v) is 66.8. The second-order valence-corrected chi connectivity index (χ2v) is 29.9. The number of primary amides is 3. The van der Waals surface area contributed by atoms with Crippen LogP contribution in [0.15, 0.2) is 121 Å². The van der Waals surface area contributed by atoms with Crippen molar-refractivity contribution in [1.29, 1.82) is 5.41 Å². The second-order valence-electron chi connectivity index (χ2n) is 29.9. The molecule has 0 saturated heterocycles. The Kier molecular flexibility index (Phi) is 40.8. The van der Waals surface area contributed by atoms with Gasteiger partial charge in [-0.25, -0.2) is 4.79 Å². The predicted molar refractivity (Wildman–Crippen MR) is 429 cm³/mol. The van der Waals surface area contributed by atoms with Gasteiger partial charge >= 0.3 is 5.97 Å². The second kappa shape index (κ2) is 49.3. The van der Waals surface area contributed by atoms with Gasteiger partial charge in [0.05, 0.1) is 19.0 Å². The van der Waals surface area contributed by atoms with E-state index >= 15 is 0 Å². The normalized spacial score (nSPS) is 14.2. The maximum Gasteiger partial charge on any atom is 0.326 e. The van der Waals surface area contributed by atoms with Crippen molar-refractivity contribution in [2.45, 2.75) is 211 Å². The van der Waals surface area contributed by atoms with Crippen LogP contribution in [0, 0.1) is 29.1 Å². The Balaban J connectivity index is 1.59. The van der Waals surface area contributed by atoms with E-state index in [9.17, 15) is 81.8 Å². The number of rotatable bonds is 51. The van der Waals surface area contributed by atoms with Gasteiger partial charge in [-0.05, 0) is 90.9 Å². The summed E-state index contributed by atoms with van der Waals surface area (Å²) in [6, 6.07) is 16.6. The standard InChI is InChI=1S/C80H115N19O17/c1-44(2)36-56(72(108)90-53(30-21-35-87-80(85)86)70(106)93-58(39-49-24-15-10-16-25-49)74(110)94-59(40-50-26-17-11-18-27-50)76(112)99-67(47(7)8)78(114)97-61(79(115)116)41-51-28-19-12-20-29-51)92-75(111)60(42-64(84)102)95-71(107)55(32-34-63(83)101)91-73(109)57(37-45(3)4)96-77(113)66(46(5)6)98-65(103)43-88-69(105)54(31-33-62(82)100)89-68(104)52(81)38-48-22-13-9-14-23-48/h9-20,22-29,44-47,52-61,66-67H,21,30-43,81H2,1-8H3,(H2,82,100)(H2,83,101)(H2,84,102)(H,88,105)(H,89,104)(H,90,108)(H,91,109)(H,92,111)(H,93,106)(H,94,110)(H,95,107)(H,96,113)(H,97,114)(H,98,103)(H,99,112)(H,115,116)(H4,85,86,87)/t52-,53-,54-,55-,56-,57-,58-,59-,60-,61-,66-,67-/m0/s1. The zero-order valence-electron chi connectivity index (χ0n) is 66.8. The van der Waals surface area contributed by atoms with Gasteiger partial charge in [0.2, 0.25) is 88.6 Å². The summed E-state index contributed by atoms with van der Waals surface area (Å²) in [5, 5.41) is 51.3. The fraction of sp³-hybridized carbons (Fsp3) is 0.487. The molecule has 0 radical (unpaired) electrons. The molecule has 4 aromatic rings.